The molecule has 0 saturated carbocycles. The highest BCUT2D eigenvalue weighted by Gasteiger charge is 2.03. The van der Waals surface area contributed by atoms with Gasteiger partial charge in [0.05, 0.1) is 10.7 Å². The van der Waals surface area contributed by atoms with Gasteiger partial charge in [0.1, 0.15) is 11.6 Å². The van der Waals surface area contributed by atoms with E-state index in [0.29, 0.717) is 18.1 Å². The summed E-state index contributed by atoms with van der Waals surface area (Å²) in [6.07, 6.45) is 0. The maximum atomic E-state index is 13.2. The molecule has 3 aromatic rings. The lowest BCUT2D eigenvalue weighted by atomic mass is 10.2. The number of halogens is 3. The highest BCUT2D eigenvalue weighted by Crippen LogP contribution is 2.26. The Kier molecular flexibility index (Phi) is 5.51. The number of benzene rings is 3. The van der Waals surface area contributed by atoms with E-state index in [0.717, 1.165) is 22.5 Å². The molecule has 2 nitrogen and oxygen atoms in total. The van der Waals surface area contributed by atoms with E-state index >= 15 is 0 Å². The van der Waals surface area contributed by atoms with Crippen LogP contribution in [0.5, 0.6) is 0 Å². The van der Waals surface area contributed by atoms with Crippen molar-refractivity contribution in [2.24, 2.45) is 0 Å². The second kappa shape index (κ2) is 7.99. The van der Waals surface area contributed by atoms with Gasteiger partial charge in [-0.2, -0.15) is 0 Å². The molecule has 0 bridgehead atoms. The van der Waals surface area contributed by atoms with Crippen LogP contribution in [0, 0.1) is 11.6 Å². The molecule has 5 heteroatoms. The van der Waals surface area contributed by atoms with Crippen molar-refractivity contribution in [1.82, 2.24) is 0 Å². The average molecular weight is 359 g/mol. The first-order valence-electron chi connectivity index (χ1n) is 7.86. The Morgan fingerprint density at radius 3 is 1.88 bits per heavy atom. The molecule has 3 rings (SSSR count). The van der Waals surface area contributed by atoms with E-state index in [9.17, 15) is 8.78 Å². The predicted octanol–water partition coefficient (Wildman–Crippen LogP) is 5.84. The van der Waals surface area contributed by atoms with Crippen LogP contribution in [-0.4, -0.2) is 0 Å². The van der Waals surface area contributed by atoms with Crippen LogP contribution in [-0.2, 0) is 13.1 Å². The van der Waals surface area contributed by atoms with Crippen LogP contribution >= 0.6 is 11.6 Å². The van der Waals surface area contributed by atoms with Gasteiger partial charge in [-0.3, -0.25) is 0 Å². The average Bonchev–Trinajstić information content (AvgIpc) is 2.59. The van der Waals surface area contributed by atoms with Crippen molar-refractivity contribution in [3.63, 3.8) is 0 Å². The van der Waals surface area contributed by atoms with Crippen molar-refractivity contribution < 1.29 is 8.78 Å². The molecule has 0 heterocycles. The third-order valence-electron chi connectivity index (χ3n) is 3.73. The van der Waals surface area contributed by atoms with Gasteiger partial charge in [0.2, 0.25) is 0 Å². The van der Waals surface area contributed by atoms with Gasteiger partial charge in [-0.1, -0.05) is 35.9 Å². The van der Waals surface area contributed by atoms with E-state index in [1.807, 2.05) is 24.3 Å². The topological polar surface area (TPSA) is 24.1 Å². The van der Waals surface area contributed by atoms with Crippen LogP contribution in [0.1, 0.15) is 11.1 Å². The number of rotatable bonds is 6. The molecule has 2 N–H and O–H groups in total. The normalized spacial score (nSPS) is 10.5. The van der Waals surface area contributed by atoms with Gasteiger partial charge in [-0.25, -0.2) is 8.78 Å². The highest BCUT2D eigenvalue weighted by molar-refractivity contribution is 6.33. The molecule has 0 unspecified atom stereocenters. The Morgan fingerprint density at radius 1 is 0.720 bits per heavy atom. The molecule has 0 saturated heterocycles. The van der Waals surface area contributed by atoms with Crippen molar-refractivity contribution in [3.05, 3.63) is 94.5 Å². The SMILES string of the molecule is Fc1cccc(CNc2ccc(NCc3cccc(F)c3)c(Cl)c2)c1. The van der Waals surface area contributed by atoms with E-state index in [-0.39, 0.29) is 11.6 Å². The molecule has 0 amide bonds. The van der Waals surface area contributed by atoms with Crippen LogP contribution in [0.15, 0.2) is 66.7 Å². The lowest BCUT2D eigenvalue weighted by Gasteiger charge is -2.12. The Labute approximate surface area is 150 Å². The van der Waals surface area contributed by atoms with Crippen molar-refractivity contribution in [3.8, 4) is 0 Å². The Balaban J connectivity index is 1.60. The second-order valence-corrected chi connectivity index (χ2v) is 6.07. The van der Waals surface area contributed by atoms with E-state index < -0.39 is 0 Å². The standard InChI is InChI=1S/C20H17ClF2N2/c21-19-11-18(24-12-14-3-1-5-16(22)9-14)7-8-20(19)25-13-15-4-2-6-17(23)10-15/h1-11,24-25H,12-13H2. The largest absolute Gasteiger partial charge is 0.381 e. The maximum absolute atomic E-state index is 13.2. The summed E-state index contributed by atoms with van der Waals surface area (Å²) in [5, 5.41) is 6.95. The Hall–Kier alpha value is -2.59. The fourth-order valence-electron chi connectivity index (χ4n) is 2.46. The molecule has 0 aromatic heterocycles. The minimum Gasteiger partial charge on any atom is -0.381 e. The molecule has 3 aromatic carbocycles. The van der Waals surface area contributed by atoms with Gasteiger partial charge in [0.25, 0.3) is 0 Å². The van der Waals surface area contributed by atoms with E-state index in [4.69, 9.17) is 11.6 Å². The summed E-state index contributed by atoms with van der Waals surface area (Å²) in [6, 6.07) is 18.4. The van der Waals surface area contributed by atoms with Crippen molar-refractivity contribution >= 4 is 23.0 Å². The van der Waals surface area contributed by atoms with Gasteiger partial charge in [-0.15, -0.1) is 0 Å². The summed E-state index contributed by atoms with van der Waals surface area (Å²) in [5.41, 5.74) is 3.29. The minimum atomic E-state index is -0.262. The Bertz CT molecular complexity index is 868. The van der Waals surface area contributed by atoms with Gasteiger partial charge in [0.15, 0.2) is 0 Å². The van der Waals surface area contributed by atoms with Gasteiger partial charge in [0, 0.05) is 18.8 Å². The Morgan fingerprint density at radius 2 is 1.32 bits per heavy atom. The first-order valence-corrected chi connectivity index (χ1v) is 8.24. The molecule has 0 aliphatic rings. The zero-order valence-electron chi connectivity index (χ0n) is 13.4. The van der Waals surface area contributed by atoms with E-state index in [2.05, 4.69) is 10.6 Å². The molecular formula is C20H17ClF2N2. The zero-order chi connectivity index (χ0) is 17.6. The fraction of sp³-hybridized carbons (Fsp3) is 0.100. The summed E-state index contributed by atoms with van der Waals surface area (Å²) >= 11 is 6.30. The molecule has 0 aliphatic carbocycles. The summed E-state index contributed by atoms with van der Waals surface area (Å²) in [4.78, 5) is 0. The number of nitrogens with one attached hydrogen (secondary N) is 2. The smallest absolute Gasteiger partial charge is 0.123 e. The highest BCUT2D eigenvalue weighted by atomic mass is 35.5. The van der Waals surface area contributed by atoms with Gasteiger partial charge >= 0.3 is 0 Å². The molecule has 0 fully saturated rings. The summed E-state index contributed by atoms with van der Waals surface area (Å²) in [6.45, 7) is 0.984. The van der Waals surface area contributed by atoms with Crippen LogP contribution in [0.2, 0.25) is 5.02 Å². The van der Waals surface area contributed by atoms with Crippen LogP contribution < -0.4 is 10.6 Å². The quantitative estimate of drug-likeness (QED) is 0.578. The van der Waals surface area contributed by atoms with Gasteiger partial charge < -0.3 is 10.6 Å². The first kappa shape index (κ1) is 17.2. The molecule has 0 aliphatic heterocycles. The summed E-state index contributed by atoms with van der Waals surface area (Å²) in [5.74, 6) is -0.517. The van der Waals surface area contributed by atoms with Crippen LogP contribution in [0.3, 0.4) is 0 Å². The number of anilines is 2. The lowest BCUT2D eigenvalue weighted by molar-refractivity contribution is 0.625. The second-order valence-electron chi connectivity index (χ2n) is 5.66. The third kappa shape index (κ3) is 4.94. The maximum Gasteiger partial charge on any atom is 0.123 e. The summed E-state index contributed by atoms with van der Waals surface area (Å²) in [7, 11) is 0. The molecule has 128 valence electrons. The number of hydrogen-bond acceptors (Lipinski definition) is 2. The molecular weight excluding hydrogens is 342 g/mol. The monoisotopic (exact) mass is 358 g/mol. The van der Waals surface area contributed by atoms with Crippen molar-refractivity contribution in [2.45, 2.75) is 13.1 Å². The molecule has 0 spiro atoms. The van der Waals surface area contributed by atoms with Crippen LogP contribution in [0.4, 0.5) is 20.2 Å². The van der Waals surface area contributed by atoms with Crippen molar-refractivity contribution in [2.75, 3.05) is 10.6 Å². The third-order valence-corrected chi connectivity index (χ3v) is 4.04. The molecule has 0 atom stereocenters. The molecule has 0 radical (unpaired) electrons. The fourth-order valence-corrected chi connectivity index (χ4v) is 2.71. The van der Waals surface area contributed by atoms with Gasteiger partial charge in [-0.05, 0) is 53.6 Å². The van der Waals surface area contributed by atoms with Crippen LogP contribution in [0.25, 0.3) is 0 Å². The minimum absolute atomic E-state index is 0.255. The predicted molar refractivity (Wildman–Crippen MR) is 98.9 cm³/mol. The lowest BCUT2D eigenvalue weighted by Crippen LogP contribution is -2.02. The summed E-state index contributed by atoms with van der Waals surface area (Å²) < 4.78 is 26.4. The first-order chi connectivity index (χ1) is 12.1. The number of hydrogen-bond donors (Lipinski definition) is 2. The van der Waals surface area contributed by atoms with E-state index in [1.54, 1.807) is 18.2 Å². The molecule has 25 heavy (non-hydrogen) atoms. The van der Waals surface area contributed by atoms with Crippen molar-refractivity contribution in [1.29, 1.82) is 0 Å². The zero-order valence-corrected chi connectivity index (χ0v) is 14.2. The van der Waals surface area contributed by atoms with E-state index in [1.165, 1.54) is 24.3 Å².